The summed E-state index contributed by atoms with van der Waals surface area (Å²) in [4.78, 5) is 0. The largest absolute Gasteiger partial charge is 0.381 e. The molecule has 0 bridgehead atoms. The van der Waals surface area contributed by atoms with Crippen LogP contribution in [0.15, 0.2) is 18.2 Å². The number of aryl methyl sites for hydroxylation is 1. The van der Waals surface area contributed by atoms with E-state index in [2.05, 4.69) is 35.0 Å². The van der Waals surface area contributed by atoms with Gasteiger partial charge in [-0.1, -0.05) is 39.7 Å². The average molecular weight is 304 g/mol. The maximum Gasteiger partial charge on any atom is 0.0534 e. The first-order chi connectivity index (χ1) is 7.65. The fourth-order valence-corrected chi connectivity index (χ4v) is 3.08. The molecule has 0 amide bonds. The molecule has 0 radical (unpaired) electrons. The second-order valence-corrected chi connectivity index (χ2v) is 5.68. The van der Waals surface area contributed by atoms with Crippen molar-refractivity contribution in [3.63, 3.8) is 0 Å². The Labute approximate surface area is 110 Å². The molecule has 0 aromatic heterocycles. The molecular formula is C13H16BrClO. The molecule has 1 aliphatic rings. The molecule has 0 spiro atoms. The van der Waals surface area contributed by atoms with Crippen molar-refractivity contribution >= 4 is 27.5 Å². The molecule has 1 nitrogen and oxygen atoms in total. The fraction of sp³-hybridized carbons (Fsp3) is 0.538. The summed E-state index contributed by atoms with van der Waals surface area (Å²) in [5.74, 6) is 0. The monoisotopic (exact) mass is 302 g/mol. The standard InChI is InChI=1S/C13H16BrClO/c1-10-2-3-11(12(15)6-10)7-13(8-14)4-5-16-9-13/h2-3,6H,4-5,7-9H2,1H3. The van der Waals surface area contributed by atoms with E-state index < -0.39 is 0 Å². The minimum absolute atomic E-state index is 0.235. The van der Waals surface area contributed by atoms with Gasteiger partial charge in [0.2, 0.25) is 0 Å². The van der Waals surface area contributed by atoms with Gasteiger partial charge in [-0.15, -0.1) is 0 Å². The van der Waals surface area contributed by atoms with Crippen LogP contribution in [0.5, 0.6) is 0 Å². The van der Waals surface area contributed by atoms with Crippen molar-refractivity contribution in [1.82, 2.24) is 0 Å². The minimum atomic E-state index is 0.235. The number of rotatable bonds is 3. The van der Waals surface area contributed by atoms with Crippen molar-refractivity contribution < 1.29 is 4.74 Å². The zero-order valence-electron chi connectivity index (χ0n) is 9.43. The van der Waals surface area contributed by atoms with Gasteiger partial charge in [0, 0.05) is 22.4 Å². The summed E-state index contributed by atoms with van der Waals surface area (Å²) in [6.07, 6.45) is 2.11. The van der Waals surface area contributed by atoms with E-state index >= 15 is 0 Å². The summed E-state index contributed by atoms with van der Waals surface area (Å²) in [6.45, 7) is 3.77. The summed E-state index contributed by atoms with van der Waals surface area (Å²) in [5, 5.41) is 1.86. The third kappa shape index (κ3) is 2.61. The second kappa shape index (κ2) is 5.07. The van der Waals surface area contributed by atoms with E-state index in [0.29, 0.717) is 0 Å². The van der Waals surface area contributed by atoms with Crippen LogP contribution in [0.25, 0.3) is 0 Å². The van der Waals surface area contributed by atoms with Crippen LogP contribution in [-0.4, -0.2) is 18.5 Å². The van der Waals surface area contributed by atoms with Gasteiger partial charge >= 0.3 is 0 Å². The zero-order chi connectivity index (χ0) is 11.6. The number of benzene rings is 1. The van der Waals surface area contributed by atoms with Gasteiger partial charge in [0.15, 0.2) is 0 Å². The highest BCUT2D eigenvalue weighted by Crippen LogP contribution is 2.36. The molecule has 0 saturated carbocycles. The van der Waals surface area contributed by atoms with Crippen molar-refractivity contribution in [2.45, 2.75) is 19.8 Å². The molecule has 1 aromatic rings. The summed E-state index contributed by atoms with van der Waals surface area (Å²) in [7, 11) is 0. The normalized spacial score (nSPS) is 24.9. The predicted octanol–water partition coefficient (Wildman–Crippen LogP) is 3.99. The van der Waals surface area contributed by atoms with E-state index in [4.69, 9.17) is 16.3 Å². The lowest BCUT2D eigenvalue weighted by Crippen LogP contribution is -2.26. The van der Waals surface area contributed by atoms with Crippen LogP contribution in [0.1, 0.15) is 17.5 Å². The Morgan fingerprint density at radius 2 is 2.31 bits per heavy atom. The quantitative estimate of drug-likeness (QED) is 0.767. The molecule has 0 aliphatic carbocycles. The van der Waals surface area contributed by atoms with E-state index in [1.165, 1.54) is 11.1 Å². The molecule has 2 rings (SSSR count). The number of hydrogen-bond acceptors (Lipinski definition) is 1. The second-order valence-electron chi connectivity index (χ2n) is 4.71. The van der Waals surface area contributed by atoms with Gasteiger partial charge in [0.1, 0.15) is 0 Å². The van der Waals surface area contributed by atoms with Gasteiger partial charge in [-0.2, -0.15) is 0 Å². The van der Waals surface area contributed by atoms with Gasteiger partial charge in [-0.25, -0.2) is 0 Å². The van der Waals surface area contributed by atoms with Crippen LogP contribution >= 0.6 is 27.5 Å². The zero-order valence-corrected chi connectivity index (χ0v) is 11.8. The Morgan fingerprint density at radius 3 is 2.88 bits per heavy atom. The smallest absolute Gasteiger partial charge is 0.0534 e. The minimum Gasteiger partial charge on any atom is -0.381 e. The molecule has 3 heteroatoms. The number of halogens is 2. The maximum atomic E-state index is 6.27. The van der Waals surface area contributed by atoms with E-state index in [1.807, 2.05) is 6.07 Å². The lowest BCUT2D eigenvalue weighted by molar-refractivity contribution is 0.162. The van der Waals surface area contributed by atoms with Crippen LogP contribution in [-0.2, 0) is 11.2 Å². The van der Waals surface area contributed by atoms with E-state index in [0.717, 1.165) is 36.4 Å². The van der Waals surface area contributed by atoms with Gasteiger partial charge in [-0.3, -0.25) is 0 Å². The molecule has 1 atom stereocenters. The van der Waals surface area contributed by atoms with E-state index in [-0.39, 0.29) is 5.41 Å². The molecule has 1 heterocycles. The van der Waals surface area contributed by atoms with Crippen LogP contribution in [0.3, 0.4) is 0 Å². The fourth-order valence-electron chi connectivity index (χ4n) is 2.14. The number of alkyl halides is 1. The van der Waals surface area contributed by atoms with Crippen molar-refractivity contribution in [1.29, 1.82) is 0 Å². The third-order valence-corrected chi connectivity index (χ3v) is 4.78. The Bertz CT molecular complexity index is 372. The summed E-state index contributed by atoms with van der Waals surface area (Å²) in [6, 6.07) is 6.30. The van der Waals surface area contributed by atoms with Gasteiger partial charge in [0.25, 0.3) is 0 Å². The molecule has 0 N–H and O–H groups in total. The van der Waals surface area contributed by atoms with Gasteiger partial charge < -0.3 is 4.74 Å². The summed E-state index contributed by atoms with van der Waals surface area (Å²) in [5.41, 5.74) is 2.68. The molecule has 1 fully saturated rings. The molecule has 1 aromatic carbocycles. The van der Waals surface area contributed by atoms with E-state index in [9.17, 15) is 0 Å². The molecule has 1 unspecified atom stereocenters. The topological polar surface area (TPSA) is 9.23 Å². The maximum absolute atomic E-state index is 6.27. The Hall–Kier alpha value is -0.0500. The molecular weight excluding hydrogens is 287 g/mol. The summed E-state index contributed by atoms with van der Waals surface area (Å²) < 4.78 is 5.51. The van der Waals surface area contributed by atoms with Gasteiger partial charge in [0.05, 0.1) is 6.61 Å². The number of ether oxygens (including phenoxy) is 1. The first-order valence-electron chi connectivity index (χ1n) is 5.54. The molecule has 16 heavy (non-hydrogen) atoms. The molecule has 1 saturated heterocycles. The van der Waals surface area contributed by atoms with Crippen molar-refractivity contribution in [3.05, 3.63) is 34.3 Å². The molecule has 1 aliphatic heterocycles. The lowest BCUT2D eigenvalue weighted by atomic mass is 9.83. The van der Waals surface area contributed by atoms with Crippen molar-refractivity contribution in [2.75, 3.05) is 18.5 Å². The first kappa shape index (κ1) is 12.4. The summed E-state index contributed by atoms with van der Waals surface area (Å²) >= 11 is 9.88. The molecule has 88 valence electrons. The van der Waals surface area contributed by atoms with Crippen molar-refractivity contribution in [2.24, 2.45) is 5.41 Å². The highest BCUT2D eigenvalue weighted by Gasteiger charge is 2.34. The Kier molecular flexibility index (Phi) is 3.93. The SMILES string of the molecule is Cc1ccc(CC2(CBr)CCOC2)c(Cl)c1. The van der Waals surface area contributed by atoms with Crippen LogP contribution < -0.4 is 0 Å². The average Bonchev–Trinajstić information content (AvgIpc) is 2.72. The Balaban J connectivity index is 2.19. The van der Waals surface area contributed by atoms with Gasteiger partial charge in [-0.05, 0) is 37.0 Å². The number of hydrogen-bond donors (Lipinski definition) is 0. The van der Waals surface area contributed by atoms with Crippen molar-refractivity contribution in [3.8, 4) is 0 Å². The lowest BCUT2D eigenvalue weighted by Gasteiger charge is -2.25. The predicted molar refractivity (Wildman–Crippen MR) is 71.6 cm³/mol. The first-order valence-corrected chi connectivity index (χ1v) is 7.04. The van der Waals surface area contributed by atoms with E-state index in [1.54, 1.807) is 0 Å². The third-order valence-electron chi connectivity index (χ3n) is 3.24. The highest BCUT2D eigenvalue weighted by molar-refractivity contribution is 9.09. The highest BCUT2D eigenvalue weighted by atomic mass is 79.9. The van der Waals surface area contributed by atoms with Crippen LogP contribution in [0.4, 0.5) is 0 Å². The van der Waals surface area contributed by atoms with Crippen LogP contribution in [0.2, 0.25) is 5.02 Å². The Morgan fingerprint density at radius 1 is 1.50 bits per heavy atom. The van der Waals surface area contributed by atoms with Crippen LogP contribution in [0, 0.1) is 12.3 Å².